The molecule has 3 amide bonds. The molecule has 3 rings (SSSR count). The van der Waals surface area contributed by atoms with E-state index in [9.17, 15) is 24.3 Å². The summed E-state index contributed by atoms with van der Waals surface area (Å²) in [4.78, 5) is 49.0. The number of likely N-dealkylation sites (N-methyl/N-ethyl adjacent to an activating group) is 1. The van der Waals surface area contributed by atoms with Crippen molar-refractivity contribution in [2.24, 2.45) is 0 Å². The molecule has 0 saturated carbocycles. The maximum absolute atomic E-state index is 12.4. The summed E-state index contributed by atoms with van der Waals surface area (Å²) in [5.41, 5.74) is 0.504. The van der Waals surface area contributed by atoms with Gasteiger partial charge in [0.25, 0.3) is 5.91 Å². The zero-order chi connectivity index (χ0) is 24.0. The van der Waals surface area contributed by atoms with Crippen LogP contribution in [0.5, 0.6) is 17.2 Å². The van der Waals surface area contributed by atoms with Gasteiger partial charge in [-0.1, -0.05) is 18.2 Å². The minimum absolute atomic E-state index is 0.407. The Labute approximate surface area is 189 Å². The summed E-state index contributed by atoms with van der Waals surface area (Å²) in [7, 11) is 3.01. The van der Waals surface area contributed by atoms with Crippen LogP contribution in [0.4, 0.5) is 4.79 Å². The molecular weight excluding hydrogens is 430 g/mol. The lowest BCUT2D eigenvalue weighted by Gasteiger charge is -2.25. The van der Waals surface area contributed by atoms with Gasteiger partial charge in [0, 0.05) is 25.4 Å². The minimum Gasteiger partial charge on any atom is -0.497 e. The standard InChI is InChI=1S/C23H23N3O7/c1-26-11-10-19(27)21(22(26)30)25-23(31)24-18(13-20(28)29)14-6-8-15(9-7-14)33-17-5-3-4-16(12-17)32-2/h3-12,18,21H,13H2,1-2H3,(H,28,29)(H2,24,25,31). The second kappa shape index (κ2) is 10.3. The van der Waals surface area contributed by atoms with Gasteiger partial charge < -0.3 is 30.1 Å². The van der Waals surface area contributed by atoms with Gasteiger partial charge in [-0.05, 0) is 29.8 Å². The molecule has 33 heavy (non-hydrogen) atoms. The highest BCUT2D eigenvalue weighted by atomic mass is 16.5. The average Bonchev–Trinajstić information content (AvgIpc) is 2.79. The highest BCUT2D eigenvalue weighted by molar-refractivity contribution is 6.14. The SMILES string of the molecule is COc1cccc(Oc2ccc(C(CC(=O)O)NC(=O)NC3C(=O)C=CN(C)C3=O)cc2)c1. The molecule has 10 heteroatoms. The van der Waals surface area contributed by atoms with Gasteiger partial charge in [-0.15, -0.1) is 0 Å². The van der Waals surface area contributed by atoms with Gasteiger partial charge in [-0.3, -0.25) is 14.4 Å². The number of ether oxygens (including phenoxy) is 2. The third kappa shape index (κ3) is 6.10. The van der Waals surface area contributed by atoms with Crippen molar-refractivity contribution < 1.29 is 33.8 Å². The molecule has 2 unspecified atom stereocenters. The van der Waals surface area contributed by atoms with Crippen molar-refractivity contribution in [3.05, 3.63) is 66.4 Å². The second-order valence-corrected chi connectivity index (χ2v) is 7.22. The maximum atomic E-state index is 12.4. The largest absolute Gasteiger partial charge is 0.497 e. The molecule has 10 nitrogen and oxygen atoms in total. The summed E-state index contributed by atoms with van der Waals surface area (Å²) in [6.45, 7) is 0. The fourth-order valence-electron chi connectivity index (χ4n) is 3.14. The van der Waals surface area contributed by atoms with Crippen LogP contribution in [0.15, 0.2) is 60.8 Å². The summed E-state index contributed by atoms with van der Waals surface area (Å²) < 4.78 is 10.9. The number of carbonyl (C=O) groups excluding carboxylic acids is 3. The number of methoxy groups -OCH3 is 1. The molecule has 2 aromatic rings. The van der Waals surface area contributed by atoms with E-state index in [-0.39, 0.29) is 0 Å². The second-order valence-electron chi connectivity index (χ2n) is 7.22. The smallest absolute Gasteiger partial charge is 0.316 e. The normalized spacial score (nSPS) is 16.2. The molecule has 0 radical (unpaired) electrons. The van der Waals surface area contributed by atoms with Crippen molar-refractivity contribution in [3.8, 4) is 17.2 Å². The van der Waals surface area contributed by atoms with E-state index in [1.807, 2.05) is 0 Å². The Morgan fingerprint density at radius 3 is 2.45 bits per heavy atom. The summed E-state index contributed by atoms with van der Waals surface area (Å²) in [6.07, 6.45) is 2.08. The molecule has 2 aromatic carbocycles. The Morgan fingerprint density at radius 2 is 1.79 bits per heavy atom. The lowest BCUT2D eigenvalue weighted by atomic mass is 10.0. The molecule has 0 aromatic heterocycles. The molecular formula is C23H23N3O7. The highest BCUT2D eigenvalue weighted by Gasteiger charge is 2.32. The van der Waals surface area contributed by atoms with Crippen molar-refractivity contribution in [3.63, 3.8) is 0 Å². The summed E-state index contributed by atoms with van der Waals surface area (Å²) >= 11 is 0. The monoisotopic (exact) mass is 453 g/mol. The Kier molecular flexibility index (Phi) is 7.29. The predicted octanol–water partition coefficient (Wildman–Crippen LogP) is 2.23. The van der Waals surface area contributed by atoms with Crippen LogP contribution in [0.2, 0.25) is 0 Å². The molecule has 2 atom stereocenters. The molecule has 0 bridgehead atoms. The minimum atomic E-state index is -1.37. The summed E-state index contributed by atoms with van der Waals surface area (Å²) in [5, 5.41) is 14.1. The fraction of sp³-hybridized carbons (Fsp3) is 0.217. The third-order valence-corrected chi connectivity index (χ3v) is 4.86. The van der Waals surface area contributed by atoms with E-state index in [1.165, 1.54) is 24.2 Å². The Hall–Kier alpha value is -4.34. The maximum Gasteiger partial charge on any atom is 0.316 e. The Morgan fingerprint density at radius 1 is 1.09 bits per heavy atom. The first-order valence-electron chi connectivity index (χ1n) is 9.96. The molecule has 0 saturated heterocycles. The molecule has 0 aliphatic carbocycles. The number of aliphatic carboxylic acids is 1. The molecule has 0 fully saturated rings. The number of hydrogen-bond donors (Lipinski definition) is 3. The number of hydrogen-bond acceptors (Lipinski definition) is 6. The molecule has 3 N–H and O–H groups in total. The summed E-state index contributed by atoms with van der Waals surface area (Å²) in [6, 6.07) is 10.4. The van der Waals surface area contributed by atoms with E-state index in [0.717, 1.165) is 0 Å². The number of carbonyl (C=O) groups is 4. The quantitative estimate of drug-likeness (QED) is 0.522. The van der Waals surface area contributed by atoms with Crippen LogP contribution in [0.25, 0.3) is 0 Å². The lowest BCUT2D eigenvalue weighted by molar-refractivity contribution is -0.138. The van der Waals surface area contributed by atoms with Crippen LogP contribution >= 0.6 is 0 Å². The van der Waals surface area contributed by atoms with Gasteiger partial charge in [-0.25, -0.2) is 4.79 Å². The van der Waals surface area contributed by atoms with E-state index in [4.69, 9.17) is 9.47 Å². The van der Waals surface area contributed by atoms with E-state index < -0.39 is 42.2 Å². The number of amides is 3. The number of rotatable bonds is 8. The zero-order valence-electron chi connectivity index (χ0n) is 18.0. The highest BCUT2D eigenvalue weighted by Crippen LogP contribution is 2.27. The van der Waals surface area contributed by atoms with Crippen molar-refractivity contribution >= 4 is 23.7 Å². The average molecular weight is 453 g/mol. The summed E-state index contributed by atoms with van der Waals surface area (Å²) in [5.74, 6) is -0.600. The topological polar surface area (TPSA) is 134 Å². The van der Waals surface area contributed by atoms with Crippen molar-refractivity contribution in [1.82, 2.24) is 15.5 Å². The number of ketones is 1. The lowest BCUT2D eigenvalue weighted by Crippen LogP contribution is -2.55. The third-order valence-electron chi connectivity index (χ3n) is 4.86. The van der Waals surface area contributed by atoms with E-state index >= 15 is 0 Å². The number of urea groups is 1. The Balaban J connectivity index is 1.69. The predicted molar refractivity (Wildman–Crippen MR) is 117 cm³/mol. The van der Waals surface area contributed by atoms with Gasteiger partial charge >= 0.3 is 12.0 Å². The van der Waals surface area contributed by atoms with Gasteiger partial charge in [0.05, 0.1) is 19.6 Å². The first-order valence-corrected chi connectivity index (χ1v) is 9.96. The van der Waals surface area contributed by atoms with Gasteiger partial charge in [0.15, 0.2) is 11.8 Å². The number of carboxylic acids is 1. The first kappa shape index (κ1) is 23.3. The van der Waals surface area contributed by atoms with E-state index in [2.05, 4.69) is 10.6 Å². The van der Waals surface area contributed by atoms with Crippen molar-refractivity contribution in [2.75, 3.05) is 14.2 Å². The Bertz CT molecular complexity index is 1080. The molecule has 0 spiro atoms. The van der Waals surface area contributed by atoms with Gasteiger partial charge in [0.1, 0.15) is 17.2 Å². The number of nitrogens with one attached hydrogen (secondary N) is 2. The van der Waals surface area contributed by atoms with Crippen LogP contribution in [-0.4, -0.2) is 53.9 Å². The fourth-order valence-corrected chi connectivity index (χ4v) is 3.14. The van der Waals surface area contributed by atoms with Crippen LogP contribution in [0.3, 0.4) is 0 Å². The van der Waals surface area contributed by atoms with Crippen molar-refractivity contribution in [1.29, 1.82) is 0 Å². The number of benzene rings is 2. The number of nitrogens with zero attached hydrogens (tertiary/aromatic N) is 1. The van der Waals surface area contributed by atoms with Crippen LogP contribution in [0, 0.1) is 0 Å². The number of carboxylic acid groups (broad SMARTS) is 1. The molecule has 1 aliphatic heterocycles. The van der Waals surface area contributed by atoms with Crippen LogP contribution < -0.4 is 20.1 Å². The molecule has 1 aliphatic rings. The van der Waals surface area contributed by atoms with E-state index in [0.29, 0.717) is 22.8 Å². The molecule has 1 heterocycles. The van der Waals surface area contributed by atoms with Crippen LogP contribution in [-0.2, 0) is 14.4 Å². The van der Waals surface area contributed by atoms with E-state index in [1.54, 1.807) is 55.6 Å². The van der Waals surface area contributed by atoms with Crippen molar-refractivity contribution in [2.45, 2.75) is 18.5 Å². The molecule has 172 valence electrons. The first-order chi connectivity index (χ1) is 15.8. The van der Waals surface area contributed by atoms with Crippen LogP contribution in [0.1, 0.15) is 18.0 Å². The van der Waals surface area contributed by atoms with Gasteiger partial charge in [-0.2, -0.15) is 0 Å². The van der Waals surface area contributed by atoms with Gasteiger partial charge in [0.2, 0.25) is 0 Å². The zero-order valence-corrected chi connectivity index (χ0v) is 18.0.